The summed E-state index contributed by atoms with van der Waals surface area (Å²) in [5.74, 6) is -1.25. The van der Waals surface area contributed by atoms with E-state index < -0.39 is 17.3 Å². The zero-order valence-electron chi connectivity index (χ0n) is 12.1. The van der Waals surface area contributed by atoms with E-state index in [-0.39, 0.29) is 24.3 Å². The lowest BCUT2D eigenvalue weighted by Gasteiger charge is -2.50. The van der Waals surface area contributed by atoms with Gasteiger partial charge in [-0.25, -0.2) is 0 Å². The number of aliphatic hydroxyl groups excluding tert-OH is 1. The molecule has 0 heterocycles. The van der Waals surface area contributed by atoms with E-state index in [1.165, 1.54) is 0 Å². The molecule has 4 nitrogen and oxygen atoms in total. The van der Waals surface area contributed by atoms with Crippen molar-refractivity contribution in [3.8, 4) is 0 Å². The number of carbonyl (C=O) groups excluding carboxylic acids is 2. The van der Waals surface area contributed by atoms with Crippen molar-refractivity contribution >= 4 is 11.8 Å². The Morgan fingerprint density at radius 3 is 2.90 bits per heavy atom. The second-order valence-corrected chi connectivity index (χ2v) is 5.72. The van der Waals surface area contributed by atoms with Crippen LogP contribution >= 0.6 is 0 Å². The number of hydrogen-bond acceptors (Lipinski definition) is 4. The lowest BCUT2D eigenvalue weighted by Crippen LogP contribution is -2.56. The fraction of sp³-hybridized carbons (Fsp3) is 0.625. The molecule has 3 aliphatic rings. The minimum atomic E-state index is -0.875. The van der Waals surface area contributed by atoms with Crippen molar-refractivity contribution in [3.05, 3.63) is 24.3 Å². The number of rotatable bonds is 5. The van der Waals surface area contributed by atoms with Crippen molar-refractivity contribution in [2.24, 2.45) is 23.2 Å². The van der Waals surface area contributed by atoms with Crippen LogP contribution in [-0.4, -0.2) is 30.1 Å². The lowest BCUT2D eigenvalue weighted by atomic mass is 9.51. The summed E-state index contributed by atoms with van der Waals surface area (Å²) in [7, 11) is 0. The van der Waals surface area contributed by atoms with Crippen LogP contribution in [0.5, 0.6) is 0 Å². The standard InChI is InChI=1S/C16H22O4/c1-4-6-16-8-10(3)11(12(9-17)14(16)18)7-13(16)15(19)20-5-2/h4,8,11-13,17H,1,5-7,9H2,2-3H3/t11-,12?,13+,16-/m0/s1. The highest BCUT2D eigenvalue weighted by molar-refractivity contribution is 5.97. The largest absolute Gasteiger partial charge is 0.466 e. The van der Waals surface area contributed by atoms with Gasteiger partial charge in [0.2, 0.25) is 0 Å². The summed E-state index contributed by atoms with van der Waals surface area (Å²) in [6, 6.07) is 0. The highest BCUT2D eigenvalue weighted by Crippen LogP contribution is 2.54. The van der Waals surface area contributed by atoms with Crippen LogP contribution in [0.4, 0.5) is 0 Å². The van der Waals surface area contributed by atoms with Gasteiger partial charge in [-0.3, -0.25) is 9.59 Å². The molecule has 3 aliphatic carbocycles. The molecule has 0 saturated heterocycles. The Labute approximate surface area is 119 Å². The van der Waals surface area contributed by atoms with Gasteiger partial charge in [0.05, 0.1) is 24.5 Å². The Hall–Kier alpha value is -1.42. The van der Waals surface area contributed by atoms with Gasteiger partial charge in [-0.2, -0.15) is 0 Å². The van der Waals surface area contributed by atoms with Gasteiger partial charge in [-0.05, 0) is 32.6 Å². The first-order chi connectivity index (χ1) is 9.51. The predicted molar refractivity (Wildman–Crippen MR) is 74.8 cm³/mol. The van der Waals surface area contributed by atoms with Crippen molar-refractivity contribution in [2.45, 2.75) is 26.7 Å². The Morgan fingerprint density at radius 1 is 1.65 bits per heavy atom. The molecule has 1 saturated carbocycles. The smallest absolute Gasteiger partial charge is 0.310 e. The quantitative estimate of drug-likeness (QED) is 0.616. The Kier molecular flexibility index (Phi) is 4.14. The molecule has 1 unspecified atom stereocenters. The Morgan fingerprint density at radius 2 is 2.35 bits per heavy atom. The summed E-state index contributed by atoms with van der Waals surface area (Å²) in [6.45, 7) is 7.60. The van der Waals surface area contributed by atoms with Crippen molar-refractivity contribution in [3.63, 3.8) is 0 Å². The number of fused-ring (bicyclic) bond motifs is 2. The van der Waals surface area contributed by atoms with Crippen LogP contribution in [0.15, 0.2) is 24.3 Å². The second kappa shape index (κ2) is 5.52. The molecule has 3 rings (SSSR count). The van der Waals surface area contributed by atoms with Gasteiger partial charge in [0.1, 0.15) is 5.78 Å². The number of allylic oxidation sites excluding steroid dienone is 3. The molecule has 0 radical (unpaired) electrons. The van der Waals surface area contributed by atoms with E-state index in [1.807, 2.05) is 13.0 Å². The maximum atomic E-state index is 12.7. The summed E-state index contributed by atoms with van der Waals surface area (Å²) in [5, 5.41) is 9.52. The molecule has 0 aliphatic heterocycles. The molecule has 0 spiro atoms. The Bertz CT molecular complexity index is 465. The first kappa shape index (κ1) is 15.0. The van der Waals surface area contributed by atoms with Crippen molar-refractivity contribution < 1.29 is 19.4 Å². The van der Waals surface area contributed by atoms with Gasteiger partial charge in [0.15, 0.2) is 0 Å². The molecular formula is C16H22O4. The minimum absolute atomic E-state index is 0.0418. The van der Waals surface area contributed by atoms with Crippen molar-refractivity contribution in [1.82, 2.24) is 0 Å². The van der Waals surface area contributed by atoms with Gasteiger partial charge in [-0.1, -0.05) is 17.7 Å². The summed E-state index contributed by atoms with van der Waals surface area (Å²) in [4.78, 5) is 24.9. The van der Waals surface area contributed by atoms with E-state index in [0.29, 0.717) is 19.4 Å². The average molecular weight is 278 g/mol. The van der Waals surface area contributed by atoms with Crippen LogP contribution in [0.1, 0.15) is 26.7 Å². The molecule has 2 bridgehead atoms. The summed E-state index contributed by atoms with van der Waals surface area (Å²) >= 11 is 0. The fourth-order valence-electron chi connectivity index (χ4n) is 3.82. The molecule has 1 fully saturated rings. The third-order valence-electron chi connectivity index (χ3n) is 4.71. The van der Waals surface area contributed by atoms with Gasteiger partial charge in [0.25, 0.3) is 0 Å². The number of Topliss-reactive ketones (excluding diaryl/α,β-unsaturated/α-hetero) is 1. The number of esters is 1. The van der Waals surface area contributed by atoms with E-state index in [9.17, 15) is 14.7 Å². The van der Waals surface area contributed by atoms with Gasteiger partial charge < -0.3 is 9.84 Å². The molecule has 4 heteroatoms. The number of aliphatic hydroxyl groups is 1. The molecule has 0 aromatic carbocycles. The normalized spacial score (nSPS) is 35.6. The topological polar surface area (TPSA) is 63.6 Å². The SMILES string of the molecule is C=CC[C@]12C=C(C)[C@H](C[C@@H]1C(=O)OCC)C(CO)C2=O. The van der Waals surface area contributed by atoms with Gasteiger partial charge >= 0.3 is 5.97 Å². The highest BCUT2D eigenvalue weighted by atomic mass is 16.5. The lowest BCUT2D eigenvalue weighted by molar-refractivity contribution is -0.163. The number of ketones is 1. The molecular weight excluding hydrogens is 256 g/mol. The molecule has 1 N–H and O–H groups in total. The second-order valence-electron chi connectivity index (χ2n) is 5.72. The van der Waals surface area contributed by atoms with Crippen LogP contribution in [0.25, 0.3) is 0 Å². The number of hydrogen-bond donors (Lipinski definition) is 1. The highest BCUT2D eigenvalue weighted by Gasteiger charge is 2.59. The maximum Gasteiger partial charge on any atom is 0.310 e. The van der Waals surface area contributed by atoms with Crippen LogP contribution in [-0.2, 0) is 14.3 Å². The zero-order valence-corrected chi connectivity index (χ0v) is 12.1. The third kappa shape index (κ3) is 2.03. The molecule has 110 valence electrons. The zero-order chi connectivity index (χ0) is 14.9. The minimum Gasteiger partial charge on any atom is -0.466 e. The van der Waals surface area contributed by atoms with E-state index in [2.05, 4.69) is 6.58 Å². The van der Waals surface area contributed by atoms with E-state index in [4.69, 9.17) is 4.74 Å². The van der Waals surface area contributed by atoms with Gasteiger partial charge in [0, 0.05) is 5.92 Å². The van der Waals surface area contributed by atoms with Crippen molar-refractivity contribution in [1.29, 1.82) is 0 Å². The van der Waals surface area contributed by atoms with E-state index >= 15 is 0 Å². The molecule has 0 aromatic rings. The van der Waals surface area contributed by atoms with E-state index in [1.54, 1.807) is 13.0 Å². The molecule has 20 heavy (non-hydrogen) atoms. The molecule has 0 aromatic heterocycles. The van der Waals surface area contributed by atoms with E-state index in [0.717, 1.165) is 5.57 Å². The van der Waals surface area contributed by atoms with Crippen LogP contribution in [0.3, 0.4) is 0 Å². The van der Waals surface area contributed by atoms with Crippen LogP contribution < -0.4 is 0 Å². The first-order valence-corrected chi connectivity index (χ1v) is 7.13. The fourth-order valence-corrected chi connectivity index (χ4v) is 3.82. The monoisotopic (exact) mass is 278 g/mol. The van der Waals surface area contributed by atoms with Gasteiger partial charge in [-0.15, -0.1) is 6.58 Å². The average Bonchev–Trinajstić information content (AvgIpc) is 2.41. The molecule has 0 amide bonds. The maximum absolute atomic E-state index is 12.7. The van der Waals surface area contributed by atoms with Crippen LogP contribution in [0.2, 0.25) is 0 Å². The van der Waals surface area contributed by atoms with Crippen LogP contribution in [0, 0.1) is 23.2 Å². The molecule has 4 atom stereocenters. The number of ether oxygens (including phenoxy) is 1. The number of carbonyl (C=O) groups is 2. The predicted octanol–water partition coefficient (Wildman–Crippen LogP) is 1.89. The van der Waals surface area contributed by atoms with Crippen molar-refractivity contribution in [2.75, 3.05) is 13.2 Å². The third-order valence-corrected chi connectivity index (χ3v) is 4.71. The summed E-state index contributed by atoms with van der Waals surface area (Å²) in [5.41, 5.74) is 0.214. The summed E-state index contributed by atoms with van der Waals surface area (Å²) in [6.07, 6.45) is 4.58. The Balaban J connectivity index is 2.47. The summed E-state index contributed by atoms with van der Waals surface area (Å²) < 4.78 is 5.14. The first-order valence-electron chi connectivity index (χ1n) is 7.13.